The zero-order valence-electron chi connectivity index (χ0n) is 15.4. The van der Waals surface area contributed by atoms with E-state index >= 15 is 0 Å². The van der Waals surface area contributed by atoms with E-state index in [1.807, 2.05) is 0 Å². The molecule has 3 rings (SSSR count). The fourth-order valence-electron chi connectivity index (χ4n) is 2.61. The van der Waals surface area contributed by atoms with Crippen LogP contribution in [0.3, 0.4) is 0 Å². The summed E-state index contributed by atoms with van der Waals surface area (Å²) in [4.78, 5) is 49.0. The Morgan fingerprint density at radius 3 is 2.43 bits per heavy atom. The summed E-state index contributed by atoms with van der Waals surface area (Å²) in [7, 11) is 0. The molecule has 0 aliphatic carbocycles. The lowest BCUT2D eigenvalue weighted by molar-refractivity contribution is -0.144. The van der Waals surface area contributed by atoms with Gasteiger partial charge in [-0.1, -0.05) is 41.4 Å². The van der Waals surface area contributed by atoms with E-state index in [1.165, 1.54) is 55.5 Å². The number of rotatable bonds is 5. The molecule has 2 aromatic rings. The van der Waals surface area contributed by atoms with Crippen molar-refractivity contribution in [1.82, 2.24) is 5.32 Å². The Morgan fingerprint density at radius 2 is 1.80 bits per heavy atom. The molecule has 0 spiro atoms. The second-order valence-electron chi connectivity index (χ2n) is 6.20. The van der Waals surface area contributed by atoms with Crippen LogP contribution in [-0.4, -0.2) is 35.0 Å². The standard InChI is InChI=1S/C20H14Cl2N2O6/c1-10(19(27)28)30-12-7-5-11(6-8-12)9-13-17(25)23-20(29)24(18(13)26)15-4-2-3-14(21)16(15)22/h2-10H,1H3,(H,27,28)(H,23,25,29)/b13-9+/t10-/m0/s1. The molecule has 30 heavy (non-hydrogen) atoms. The van der Waals surface area contributed by atoms with Crippen molar-refractivity contribution >= 4 is 58.8 Å². The number of halogens is 2. The van der Waals surface area contributed by atoms with Gasteiger partial charge >= 0.3 is 12.0 Å². The highest BCUT2D eigenvalue weighted by Gasteiger charge is 2.38. The molecule has 1 atom stereocenters. The van der Waals surface area contributed by atoms with Gasteiger partial charge in [-0.15, -0.1) is 0 Å². The lowest BCUT2D eigenvalue weighted by atomic mass is 10.1. The maximum Gasteiger partial charge on any atom is 0.344 e. The summed E-state index contributed by atoms with van der Waals surface area (Å²) in [6.45, 7) is 1.38. The number of amides is 4. The Kier molecular flexibility index (Phi) is 6.09. The van der Waals surface area contributed by atoms with E-state index in [0.29, 0.717) is 11.3 Å². The number of carboxylic acids is 1. The van der Waals surface area contributed by atoms with Gasteiger partial charge in [0.25, 0.3) is 11.8 Å². The molecule has 0 bridgehead atoms. The van der Waals surface area contributed by atoms with Gasteiger partial charge in [0.15, 0.2) is 6.10 Å². The number of carbonyl (C=O) groups excluding carboxylic acids is 3. The maximum atomic E-state index is 12.9. The number of hydrogen-bond acceptors (Lipinski definition) is 5. The molecule has 0 saturated carbocycles. The summed E-state index contributed by atoms with van der Waals surface area (Å²) >= 11 is 12.1. The monoisotopic (exact) mass is 448 g/mol. The Labute approximate surface area is 180 Å². The smallest absolute Gasteiger partial charge is 0.344 e. The Bertz CT molecular complexity index is 1080. The van der Waals surface area contributed by atoms with E-state index in [9.17, 15) is 19.2 Å². The van der Waals surface area contributed by atoms with Crippen LogP contribution in [0, 0.1) is 0 Å². The summed E-state index contributed by atoms with van der Waals surface area (Å²) < 4.78 is 5.23. The number of hydrogen-bond donors (Lipinski definition) is 2. The number of urea groups is 1. The zero-order valence-corrected chi connectivity index (χ0v) is 16.9. The highest BCUT2D eigenvalue weighted by atomic mass is 35.5. The first-order valence-electron chi connectivity index (χ1n) is 8.54. The van der Waals surface area contributed by atoms with Crippen molar-refractivity contribution in [3.63, 3.8) is 0 Å². The maximum absolute atomic E-state index is 12.9. The Balaban J connectivity index is 1.91. The molecule has 1 saturated heterocycles. The van der Waals surface area contributed by atoms with Crippen molar-refractivity contribution in [2.75, 3.05) is 4.90 Å². The second kappa shape index (κ2) is 8.56. The van der Waals surface area contributed by atoms with E-state index in [-0.39, 0.29) is 21.3 Å². The lowest BCUT2D eigenvalue weighted by Gasteiger charge is -2.27. The van der Waals surface area contributed by atoms with Crippen LogP contribution < -0.4 is 15.0 Å². The number of barbiturate groups is 1. The fraction of sp³-hybridized carbons (Fsp3) is 0.100. The van der Waals surface area contributed by atoms with E-state index < -0.39 is 29.9 Å². The number of anilines is 1. The van der Waals surface area contributed by atoms with Gasteiger partial charge in [-0.05, 0) is 42.8 Å². The molecule has 2 aromatic carbocycles. The SMILES string of the molecule is C[C@H](Oc1ccc(/C=C2\C(=O)NC(=O)N(c3cccc(Cl)c3Cl)C2=O)cc1)C(=O)O. The molecule has 1 heterocycles. The van der Waals surface area contributed by atoms with E-state index in [1.54, 1.807) is 0 Å². The molecule has 1 aliphatic rings. The van der Waals surface area contributed by atoms with Crippen LogP contribution in [0.1, 0.15) is 12.5 Å². The van der Waals surface area contributed by atoms with Crippen LogP contribution in [0.15, 0.2) is 48.0 Å². The predicted molar refractivity (Wildman–Crippen MR) is 110 cm³/mol. The van der Waals surface area contributed by atoms with Gasteiger partial charge in [-0.2, -0.15) is 0 Å². The third kappa shape index (κ3) is 4.29. The summed E-state index contributed by atoms with van der Waals surface area (Å²) in [6, 6.07) is 9.54. The molecule has 0 radical (unpaired) electrons. The molecule has 1 aliphatic heterocycles. The van der Waals surface area contributed by atoms with Crippen molar-refractivity contribution in [1.29, 1.82) is 0 Å². The van der Waals surface area contributed by atoms with Crippen molar-refractivity contribution in [2.24, 2.45) is 0 Å². The number of carbonyl (C=O) groups is 4. The first-order valence-corrected chi connectivity index (χ1v) is 9.29. The number of nitrogens with one attached hydrogen (secondary N) is 1. The van der Waals surface area contributed by atoms with Gasteiger partial charge in [-0.3, -0.25) is 14.9 Å². The Hall–Kier alpha value is -3.36. The molecular formula is C20H14Cl2N2O6. The summed E-state index contributed by atoms with van der Waals surface area (Å²) in [5, 5.41) is 11.1. The third-order valence-electron chi connectivity index (χ3n) is 4.13. The highest BCUT2D eigenvalue weighted by molar-refractivity contribution is 6.46. The van der Waals surface area contributed by atoms with Gasteiger partial charge in [0.1, 0.15) is 11.3 Å². The van der Waals surface area contributed by atoms with Gasteiger partial charge in [0.2, 0.25) is 0 Å². The molecule has 8 nitrogen and oxygen atoms in total. The van der Waals surface area contributed by atoms with Crippen molar-refractivity contribution < 1.29 is 29.0 Å². The average molecular weight is 449 g/mol. The van der Waals surface area contributed by atoms with Crippen LogP contribution in [0.2, 0.25) is 10.0 Å². The van der Waals surface area contributed by atoms with Gasteiger partial charge in [-0.25, -0.2) is 14.5 Å². The molecule has 0 unspecified atom stereocenters. The molecule has 0 aromatic heterocycles. The van der Waals surface area contributed by atoms with Crippen LogP contribution in [0.25, 0.3) is 6.08 Å². The number of benzene rings is 2. The molecule has 10 heteroatoms. The van der Waals surface area contributed by atoms with E-state index in [4.69, 9.17) is 33.0 Å². The normalized spacial score (nSPS) is 16.4. The quantitative estimate of drug-likeness (QED) is 0.534. The largest absolute Gasteiger partial charge is 0.479 e. The van der Waals surface area contributed by atoms with E-state index in [0.717, 1.165) is 4.90 Å². The third-order valence-corrected chi connectivity index (χ3v) is 4.93. The van der Waals surface area contributed by atoms with Crippen molar-refractivity contribution in [2.45, 2.75) is 13.0 Å². The van der Waals surface area contributed by atoms with Crippen LogP contribution in [0.4, 0.5) is 10.5 Å². The summed E-state index contributed by atoms with van der Waals surface area (Å²) in [5.41, 5.74) is 0.199. The first kappa shape index (κ1) is 21.4. The number of carboxylic acid groups (broad SMARTS) is 1. The predicted octanol–water partition coefficient (Wildman–Crippen LogP) is 3.51. The number of imide groups is 2. The number of aliphatic carboxylic acids is 1. The van der Waals surface area contributed by atoms with Gasteiger partial charge in [0, 0.05) is 0 Å². The van der Waals surface area contributed by atoms with Crippen molar-refractivity contribution in [3.8, 4) is 5.75 Å². The average Bonchev–Trinajstić information content (AvgIpc) is 2.69. The van der Waals surface area contributed by atoms with Gasteiger partial charge in [0.05, 0.1) is 15.7 Å². The zero-order chi connectivity index (χ0) is 22.0. The van der Waals surface area contributed by atoms with E-state index in [2.05, 4.69) is 5.32 Å². The minimum atomic E-state index is -1.12. The number of ether oxygens (including phenoxy) is 1. The fourth-order valence-corrected chi connectivity index (χ4v) is 2.99. The summed E-state index contributed by atoms with van der Waals surface area (Å²) in [6.07, 6.45) is 0.252. The summed E-state index contributed by atoms with van der Waals surface area (Å²) in [5.74, 6) is -2.55. The molecule has 4 amide bonds. The lowest BCUT2D eigenvalue weighted by Crippen LogP contribution is -2.54. The molecule has 1 fully saturated rings. The van der Waals surface area contributed by atoms with Crippen LogP contribution in [-0.2, 0) is 14.4 Å². The van der Waals surface area contributed by atoms with Crippen LogP contribution >= 0.6 is 23.2 Å². The highest BCUT2D eigenvalue weighted by Crippen LogP contribution is 2.34. The minimum absolute atomic E-state index is 0.00887. The molecular weight excluding hydrogens is 435 g/mol. The van der Waals surface area contributed by atoms with Gasteiger partial charge < -0.3 is 9.84 Å². The second-order valence-corrected chi connectivity index (χ2v) is 6.98. The first-order chi connectivity index (χ1) is 14.2. The minimum Gasteiger partial charge on any atom is -0.479 e. The molecule has 154 valence electrons. The molecule has 2 N–H and O–H groups in total. The van der Waals surface area contributed by atoms with Crippen LogP contribution in [0.5, 0.6) is 5.75 Å². The topological polar surface area (TPSA) is 113 Å². The van der Waals surface area contributed by atoms with Crippen molar-refractivity contribution in [3.05, 3.63) is 63.6 Å². The number of nitrogens with zero attached hydrogens (tertiary/aromatic N) is 1. The Morgan fingerprint density at radius 1 is 1.13 bits per heavy atom.